The fourth-order valence-electron chi connectivity index (χ4n) is 2.42. The molecule has 2 N–H and O–H groups in total. The summed E-state index contributed by atoms with van der Waals surface area (Å²) in [6, 6.07) is 10.3. The first-order valence-electron chi connectivity index (χ1n) is 8.21. The number of hydrogen-bond acceptors (Lipinski definition) is 3. The maximum atomic E-state index is 13.1. The predicted octanol–water partition coefficient (Wildman–Crippen LogP) is 3.60. The summed E-state index contributed by atoms with van der Waals surface area (Å²) in [6.07, 6.45) is -4.69. The van der Waals surface area contributed by atoms with Crippen molar-refractivity contribution >= 4 is 39.8 Å². The largest absolute Gasteiger partial charge is 0.416 e. The minimum Gasteiger partial charge on any atom is -0.355 e. The van der Waals surface area contributed by atoms with Crippen LogP contribution in [0.15, 0.2) is 58.4 Å². The summed E-state index contributed by atoms with van der Waals surface area (Å²) in [6.45, 7) is -0.257. The lowest BCUT2D eigenvalue weighted by Crippen LogP contribution is -2.39. The van der Waals surface area contributed by atoms with Crippen LogP contribution in [0.4, 0.5) is 17.6 Å². The van der Waals surface area contributed by atoms with E-state index in [2.05, 4.69) is 15.6 Å². The molecule has 0 unspecified atom stereocenters. The van der Waals surface area contributed by atoms with Gasteiger partial charge in [0.05, 0.1) is 16.2 Å². The lowest BCUT2D eigenvalue weighted by atomic mass is 10.1. The Hall–Kier alpha value is -1.89. The highest BCUT2D eigenvalue weighted by Gasteiger charge is 2.33. The van der Waals surface area contributed by atoms with Crippen LogP contribution in [-0.2, 0) is 22.6 Å². The lowest BCUT2D eigenvalue weighted by molar-refractivity contribution is -0.138. The molecule has 0 aliphatic heterocycles. The second-order valence-electron chi connectivity index (χ2n) is 5.78. The van der Waals surface area contributed by atoms with Crippen LogP contribution in [0.3, 0.4) is 0 Å². The molecule has 0 fully saturated rings. The first-order valence-corrected chi connectivity index (χ1v) is 9.86. The molecule has 0 bridgehead atoms. The Morgan fingerprint density at radius 2 is 1.72 bits per heavy atom. The van der Waals surface area contributed by atoms with Crippen molar-refractivity contribution < 1.29 is 26.0 Å². The normalized spacial score (nSPS) is 12.2. The minimum absolute atomic E-state index is 0. The molecule has 2 aromatic rings. The summed E-state index contributed by atoms with van der Waals surface area (Å²) in [5.74, 6) is -1.08. The van der Waals surface area contributed by atoms with Crippen LogP contribution in [0.1, 0.15) is 11.1 Å². The average Bonchev–Trinajstić information content (AvgIpc) is 2.65. The molecule has 160 valence electrons. The van der Waals surface area contributed by atoms with E-state index in [9.17, 15) is 26.0 Å². The zero-order valence-electron chi connectivity index (χ0n) is 15.3. The molecule has 0 saturated carbocycles. The van der Waals surface area contributed by atoms with Crippen LogP contribution in [0, 0.1) is 5.82 Å². The van der Waals surface area contributed by atoms with Crippen molar-refractivity contribution in [3.8, 4) is 0 Å². The molecule has 0 heterocycles. The number of sulfone groups is 1. The third-order valence-corrected chi connectivity index (χ3v) is 5.54. The fraction of sp³-hybridized carbons (Fsp3) is 0.278. The van der Waals surface area contributed by atoms with Crippen molar-refractivity contribution in [3.05, 3.63) is 65.5 Å². The molecule has 0 aliphatic carbocycles. The van der Waals surface area contributed by atoms with Gasteiger partial charge in [-0.15, -0.1) is 24.0 Å². The highest BCUT2D eigenvalue weighted by atomic mass is 127. The quantitative estimate of drug-likeness (QED) is 0.252. The van der Waals surface area contributed by atoms with E-state index in [1.165, 1.54) is 19.2 Å². The van der Waals surface area contributed by atoms with Gasteiger partial charge < -0.3 is 10.6 Å². The van der Waals surface area contributed by atoms with Crippen LogP contribution < -0.4 is 10.6 Å². The zero-order valence-corrected chi connectivity index (χ0v) is 18.5. The van der Waals surface area contributed by atoms with Crippen LogP contribution in [0.25, 0.3) is 0 Å². The predicted molar refractivity (Wildman–Crippen MR) is 114 cm³/mol. The molecular weight excluding hydrogens is 525 g/mol. The van der Waals surface area contributed by atoms with Gasteiger partial charge in [0.2, 0.25) is 0 Å². The molecular formula is C18H20F4IN3O2S. The Morgan fingerprint density at radius 1 is 1.07 bits per heavy atom. The van der Waals surface area contributed by atoms with Gasteiger partial charge in [0.1, 0.15) is 5.82 Å². The summed E-state index contributed by atoms with van der Waals surface area (Å²) in [5.41, 5.74) is -1.24. The van der Waals surface area contributed by atoms with Crippen LogP contribution in [-0.4, -0.2) is 33.7 Å². The number of benzene rings is 2. The molecule has 0 amide bonds. The van der Waals surface area contributed by atoms with Gasteiger partial charge >= 0.3 is 6.18 Å². The van der Waals surface area contributed by atoms with E-state index < -0.39 is 27.4 Å². The Kier molecular flexibility index (Phi) is 9.33. The number of guanidine groups is 1. The summed E-state index contributed by atoms with van der Waals surface area (Å²) >= 11 is 0. The number of rotatable bonds is 6. The van der Waals surface area contributed by atoms with Crippen molar-refractivity contribution in [3.63, 3.8) is 0 Å². The topological polar surface area (TPSA) is 70.6 Å². The van der Waals surface area contributed by atoms with Crippen LogP contribution >= 0.6 is 24.0 Å². The average molecular weight is 545 g/mol. The SMILES string of the molecule is CN=C(NCCS(=O)(=O)c1ccccc1)NCc1ccc(F)cc1C(F)(F)F.I. The van der Waals surface area contributed by atoms with Crippen molar-refractivity contribution in [2.24, 2.45) is 4.99 Å². The minimum atomic E-state index is -4.69. The highest BCUT2D eigenvalue weighted by Crippen LogP contribution is 2.32. The van der Waals surface area contributed by atoms with E-state index in [0.717, 1.165) is 12.1 Å². The van der Waals surface area contributed by atoms with Crippen LogP contribution in [0.2, 0.25) is 0 Å². The summed E-state index contributed by atoms with van der Waals surface area (Å²) in [7, 11) is -2.10. The number of nitrogens with zero attached hydrogens (tertiary/aromatic N) is 1. The number of alkyl halides is 3. The molecule has 0 atom stereocenters. The van der Waals surface area contributed by atoms with E-state index >= 15 is 0 Å². The maximum Gasteiger partial charge on any atom is 0.416 e. The van der Waals surface area contributed by atoms with E-state index in [4.69, 9.17) is 0 Å². The highest BCUT2D eigenvalue weighted by molar-refractivity contribution is 14.0. The van der Waals surface area contributed by atoms with E-state index in [0.29, 0.717) is 6.07 Å². The second-order valence-corrected chi connectivity index (χ2v) is 7.89. The Balaban J connectivity index is 0.00000420. The molecule has 0 spiro atoms. The number of hydrogen-bond donors (Lipinski definition) is 2. The van der Waals surface area contributed by atoms with Crippen molar-refractivity contribution in [1.82, 2.24) is 10.6 Å². The summed E-state index contributed by atoms with van der Waals surface area (Å²) in [5, 5.41) is 5.40. The van der Waals surface area contributed by atoms with Gasteiger partial charge in [-0.3, -0.25) is 4.99 Å². The molecule has 0 radical (unpaired) electrons. The molecule has 0 aromatic heterocycles. The van der Waals surface area contributed by atoms with Crippen molar-refractivity contribution in [2.45, 2.75) is 17.6 Å². The summed E-state index contributed by atoms with van der Waals surface area (Å²) < 4.78 is 76.6. The van der Waals surface area contributed by atoms with Crippen molar-refractivity contribution in [1.29, 1.82) is 0 Å². The first-order chi connectivity index (χ1) is 13.1. The second kappa shape index (κ2) is 10.8. The number of nitrogens with one attached hydrogen (secondary N) is 2. The van der Waals surface area contributed by atoms with Gasteiger partial charge in [-0.05, 0) is 29.8 Å². The Bertz CT molecular complexity index is 936. The monoisotopic (exact) mass is 545 g/mol. The molecule has 29 heavy (non-hydrogen) atoms. The standard InChI is InChI=1S/C18H19F4N3O2S.HI/c1-23-17(24-9-10-28(26,27)15-5-3-2-4-6-15)25-12-13-7-8-14(19)11-16(13)18(20,21)22;/h2-8,11H,9-10,12H2,1H3,(H2,23,24,25);1H. The lowest BCUT2D eigenvalue weighted by Gasteiger charge is -2.16. The van der Waals surface area contributed by atoms with E-state index in [1.807, 2.05) is 0 Å². The van der Waals surface area contributed by atoms with Gasteiger partial charge in [0.15, 0.2) is 15.8 Å². The van der Waals surface area contributed by atoms with Gasteiger partial charge in [-0.1, -0.05) is 24.3 Å². The molecule has 5 nitrogen and oxygen atoms in total. The van der Waals surface area contributed by atoms with Crippen molar-refractivity contribution in [2.75, 3.05) is 19.3 Å². The van der Waals surface area contributed by atoms with Gasteiger partial charge in [0.25, 0.3) is 0 Å². The maximum absolute atomic E-state index is 13.1. The van der Waals surface area contributed by atoms with Gasteiger partial charge in [-0.25, -0.2) is 12.8 Å². The van der Waals surface area contributed by atoms with Gasteiger partial charge in [-0.2, -0.15) is 13.2 Å². The third-order valence-electron chi connectivity index (χ3n) is 3.81. The van der Waals surface area contributed by atoms with Crippen LogP contribution in [0.5, 0.6) is 0 Å². The molecule has 2 aromatic carbocycles. The smallest absolute Gasteiger partial charge is 0.355 e. The Labute approximate surface area is 183 Å². The summed E-state index contributed by atoms with van der Waals surface area (Å²) in [4.78, 5) is 4.03. The molecule has 11 heteroatoms. The molecule has 2 rings (SSSR count). The molecule has 0 aliphatic rings. The van der Waals surface area contributed by atoms with E-state index in [-0.39, 0.29) is 59.2 Å². The third kappa shape index (κ3) is 7.46. The zero-order chi connectivity index (χ0) is 20.8. The molecule has 0 saturated heterocycles. The Morgan fingerprint density at radius 3 is 2.31 bits per heavy atom. The fourth-order valence-corrected chi connectivity index (χ4v) is 3.59. The first kappa shape index (κ1) is 25.1. The van der Waals surface area contributed by atoms with Gasteiger partial charge in [0, 0.05) is 20.1 Å². The van der Waals surface area contributed by atoms with E-state index in [1.54, 1.807) is 18.2 Å². The number of aliphatic imine (C=N–C) groups is 1. The number of halogens is 5.